The number of aromatic nitrogens is 1. The Balaban J connectivity index is 1.50. The lowest BCUT2D eigenvalue weighted by atomic mass is 10.0. The van der Waals surface area contributed by atoms with Gasteiger partial charge < -0.3 is 9.64 Å². The van der Waals surface area contributed by atoms with Crippen molar-refractivity contribution in [3.05, 3.63) is 52.0 Å². The van der Waals surface area contributed by atoms with Crippen molar-refractivity contribution in [2.45, 2.75) is 31.7 Å². The molecule has 3 heterocycles. The van der Waals surface area contributed by atoms with Crippen LogP contribution in [-0.2, 0) is 11.2 Å². The molecule has 2 aliphatic heterocycles. The Bertz CT molecular complexity index is 755. The van der Waals surface area contributed by atoms with Gasteiger partial charge in [0.1, 0.15) is 10.8 Å². The SMILES string of the molecule is O=C(/C=C\c1ccc2c(c1)CCO2)N1CCCC[C@H]1c1nccs1. The monoisotopic (exact) mass is 340 g/mol. The minimum absolute atomic E-state index is 0.0756. The molecule has 4 rings (SSSR count). The van der Waals surface area contributed by atoms with Crippen LogP contribution >= 0.6 is 11.3 Å². The highest BCUT2D eigenvalue weighted by molar-refractivity contribution is 7.09. The number of nitrogens with zero attached hydrogens (tertiary/aromatic N) is 2. The summed E-state index contributed by atoms with van der Waals surface area (Å²) in [4.78, 5) is 19.1. The van der Waals surface area contributed by atoms with E-state index in [0.717, 1.165) is 55.2 Å². The third kappa shape index (κ3) is 3.08. The molecule has 0 N–H and O–H groups in total. The van der Waals surface area contributed by atoms with Crippen LogP contribution in [0.4, 0.5) is 0 Å². The molecular formula is C19H20N2O2S. The Kier molecular flexibility index (Phi) is 4.34. The summed E-state index contributed by atoms with van der Waals surface area (Å²) < 4.78 is 5.52. The van der Waals surface area contributed by atoms with E-state index in [1.807, 2.05) is 34.7 Å². The number of carbonyl (C=O) groups excluding carboxylic acids is 1. The van der Waals surface area contributed by atoms with E-state index in [9.17, 15) is 4.79 Å². The fourth-order valence-corrected chi connectivity index (χ4v) is 4.21. The smallest absolute Gasteiger partial charge is 0.247 e. The van der Waals surface area contributed by atoms with E-state index in [1.165, 1.54) is 5.56 Å². The number of benzene rings is 1. The number of piperidine rings is 1. The molecule has 0 radical (unpaired) electrons. The summed E-state index contributed by atoms with van der Waals surface area (Å²) >= 11 is 1.64. The van der Waals surface area contributed by atoms with Crippen molar-refractivity contribution < 1.29 is 9.53 Å². The van der Waals surface area contributed by atoms with E-state index >= 15 is 0 Å². The van der Waals surface area contributed by atoms with Crippen LogP contribution in [0.3, 0.4) is 0 Å². The topological polar surface area (TPSA) is 42.4 Å². The van der Waals surface area contributed by atoms with Gasteiger partial charge in [0.2, 0.25) is 5.91 Å². The lowest BCUT2D eigenvalue weighted by molar-refractivity contribution is -0.129. The van der Waals surface area contributed by atoms with Crippen LogP contribution in [0.25, 0.3) is 6.08 Å². The molecule has 5 heteroatoms. The average Bonchev–Trinajstić information content (AvgIpc) is 3.30. The maximum absolute atomic E-state index is 12.7. The maximum atomic E-state index is 12.7. The second-order valence-electron chi connectivity index (χ2n) is 6.21. The molecule has 0 bridgehead atoms. The van der Waals surface area contributed by atoms with Crippen LogP contribution in [0.2, 0.25) is 0 Å². The predicted octanol–water partition coefficient (Wildman–Crippen LogP) is 3.85. The Morgan fingerprint density at radius 3 is 3.21 bits per heavy atom. The standard InChI is InChI=1S/C19H20N2O2S/c22-18(7-5-14-4-6-17-15(13-14)8-11-23-17)21-10-2-1-3-16(21)19-20-9-12-24-19/h4-7,9,12-13,16H,1-3,8,10-11H2/b7-5-/t16-/m0/s1. The van der Waals surface area contributed by atoms with Gasteiger partial charge in [-0.25, -0.2) is 4.98 Å². The number of carbonyl (C=O) groups is 1. The van der Waals surface area contributed by atoms with Crippen LogP contribution in [0, 0.1) is 0 Å². The maximum Gasteiger partial charge on any atom is 0.247 e. The van der Waals surface area contributed by atoms with Gasteiger partial charge in [-0.3, -0.25) is 4.79 Å². The normalized spacial score (nSPS) is 20.2. The molecule has 0 unspecified atom stereocenters. The second-order valence-corrected chi connectivity index (χ2v) is 7.14. The number of thiazole rings is 1. The van der Waals surface area contributed by atoms with Gasteiger partial charge in [-0.2, -0.15) is 0 Å². The second kappa shape index (κ2) is 6.77. The summed E-state index contributed by atoms with van der Waals surface area (Å²) in [5.41, 5.74) is 2.28. The van der Waals surface area contributed by atoms with E-state index in [-0.39, 0.29) is 11.9 Å². The van der Waals surface area contributed by atoms with E-state index < -0.39 is 0 Å². The molecule has 0 saturated carbocycles. The summed E-state index contributed by atoms with van der Waals surface area (Å²) in [7, 11) is 0. The van der Waals surface area contributed by atoms with Crippen molar-refractivity contribution in [1.82, 2.24) is 9.88 Å². The fourth-order valence-electron chi connectivity index (χ4n) is 3.42. The van der Waals surface area contributed by atoms with Gasteiger partial charge in [0, 0.05) is 30.6 Å². The minimum atomic E-state index is 0.0756. The number of fused-ring (bicyclic) bond motifs is 1. The summed E-state index contributed by atoms with van der Waals surface area (Å²) in [6, 6.07) is 6.23. The highest BCUT2D eigenvalue weighted by atomic mass is 32.1. The lowest BCUT2D eigenvalue weighted by Crippen LogP contribution is -2.37. The molecule has 0 aliphatic carbocycles. The molecule has 1 fully saturated rings. The van der Waals surface area contributed by atoms with Crippen LogP contribution in [-0.4, -0.2) is 28.9 Å². The molecule has 1 saturated heterocycles. The molecule has 24 heavy (non-hydrogen) atoms. The molecular weight excluding hydrogens is 320 g/mol. The van der Waals surface area contributed by atoms with Crippen molar-refractivity contribution in [1.29, 1.82) is 0 Å². The van der Waals surface area contributed by atoms with E-state index in [4.69, 9.17) is 4.74 Å². The largest absolute Gasteiger partial charge is 0.493 e. The molecule has 1 atom stereocenters. The van der Waals surface area contributed by atoms with Crippen LogP contribution in [0.1, 0.15) is 41.4 Å². The van der Waals surface area contributed by atoms with Gasteiger partial charge in [0.05, 0.1) is 12.6 Å². The third-order valence-corrected chi connectivity index (χ3v) is 5.53. The molecule has 1 aromatic heterocycles. The third-order valence-electron chi connectivity index (χ3n) is 4.65. The molecule has 2 aliphatic rings. The summed E-state index contributed by atoms with van der Waals surface area (Å²) in [5, 5.41) is 3.03. The zero-order valence-electron chi connectivity index (χ0n) is 13.5. The summed E-state index contributed by atoms with van der Waals surface area (Å²) in [5.74, 6) is 1.05. The van der Waals surface area contributed by atoms with Crippen molar-refractivity contribution in [3.8, 4) is 5.75 Å². The predicted molar refractivity (Wildman–Crippen MR) is 95.1 cm³/mol. The lowest BCUT2D eigenvalue weighted by Gasteiger charge is -2.33. The number of rotatable bonds is 3. The van der Waals surface area contributed by atoms with Crippen molar-refractivity contribution >= 4 is 23.3 Å². The highest BCUT2D eigenvalue weighted by Crippen LogP contribution is 2.32. The Morgan fingerprint density at radius 1 is 1.38 bits per heavy atom. The number of amides is 1. The van der Waals surface area contributed by atoms with Gasteiger partial charge in [0.25, 0.3) is 0 Å². The molecule has 4 nitrogen and oxygen atoms in total. The first-order valence-corrected chi connectivity index (χ1v) is 9.33. The molecule has 0 spiro atoms. The first kappa shape index (κ1) is 15.4. The quantitative estimate of drug-likeness (QED) is 0.797. The average molecular weight is 340 g/mol. The van der Waals surface area contributed by atoms with E-state index in [2.05, 4.69) is 11.1 Å². The van der Waals surface area contributed by atoms with E-state index in [1.54, 1.807) is 17.4 Å². The summed E-state index contributed by atoms with van der Waals surface area (Å²) in [6.45, 7) is 1.57. The van der Waals surface area contributed by atoms with Crippen LogP contribution in [0.15, 0.2) is 35.9 Å². The molecule has 124 valence electrons. The first-order valence-electron chi connectivity index (χ1n) is 8.45. The molecule has 2 aromatic rings. The zero-order chi connectivity index (χ0) is 16.4. The van der Waals surface area contributed by atoms with Crippen molar-refractivity contribution in [2.75, 3.05) is 13.2 Å². The number of hydrogen-bond donors (Lipinski definition) is 0. The Labute approximate surface area is 145 Å². The van der Waals surface area contributed by atoms with Gasteiger partial charge >= 0.3 is 0 Å². The van der Waals surface area contributed by atoms with Gasteiger partial charge in [0.15, 0.2) is 0 Å². The van der Waals surface area contributed by atoms with Crippen LogP contribution in [0.5, 0.6) is 5.75 Å². The van der Waals surface area contributed by atoms with Crippen molar-refractivity contribution in [2.24, 2.45) is 0 Å². The zero-order valence-corrected chi connectivity index (χ0v) is 14.3. The summed E-state index contributed by atoms with van der Waals surface area (Å²) in [6.07, 6.45) is 9.60. The minimum Gasteiger partial charge on any atom is -0.493 e. The highest BCUT2D eigenvalue weighted by Gasteiger charge is 2.28. The first-order chi connectivity index (χ1) is 11.8. The number of ether oxygens (including phenoxy) is 1. The van der Waals surface area contributed by atoms with Gasteiger partial charge in [-0.05, 0) is 48.6 Å². The number of likely N-dealkylation sites (tertiary alicyclic amines) is 1. The van der Waals surface area contributed by atoms with Crippen LogP contribution < -0.4 is 4.74 Å². The molecule has 1 amide bonds. The number of hydrogen-bond acceptors (Lipinski definition) is 4. The Morgan fingerprint density at radius 2 is 2.33 bits per heavy atom. The molecule has 1 aromatic carbocycles. The van der Waals surface area contributed by atoms with Crippen molar-refractivity contribution in [3.63, 3.8) is 0 Å². The Hall–Kier alpha value is -2.14. The van der Waals surface area contributed by atoms with E-state index in [0.29, 0.717) is 0 Å². The fraction of sp³-hybridized carbons (Fsp3) is 0.368. The van der Waals surface area contributed by atoms with Gasteiger partial charge in [-0.1, -0.05) is 6.07 Å². The van der Waals surface area contributed by atoms with Gasteiger partial charge in [-0.15, -0.1) is 11.3 Å².